The first kappa shape index (κ1) is 14.4. The van der Waals surface area contributed by atoms with E-state index in [0.717, 1.165) is 10.9 Å². The minimum Gasteiger partial charge on any atom is -0.277 e. The van der Waals surface area contributed by atoms with E-state index in [1.807, 2.05) is 0 Å². The van der Waals surface area contributed by atoms with Crippen molar-refractivity contribution in [2.45, 2.75) is 0 Å². The minimum absolute atomic E-state index is 0.0357. The number of nitrogens with zero attached hydrogens (tertiary/aromatic N) is 5. The molecule has 0 bridgehead atoms. The molecular weight excluding hydrogens is 428 g/mol. The molecule has 0 fully saturated rings. The van der Waals surface area contributed by atoms with Crippen LogP contribution in [0.25, 0.3) is 16.9 Å². The number of halogens is 6. The van der Waals surface area contributed by atoms with Crippen LogP contribution in [-0.4, -0.2) is 24.5 Å². The van der Waals surface area contributed by atoms with Crippen molar-refractivity contribution in [3.05, 3.63) is 38.8 Å². The Bertz CT molecular complexity index is 857. The van der Waals surface area contributed by atoms with E-state index in [-0.39, 0.29) is 20.1 Å². The van der Waals surface area contributed by atoms with Crippen LogP contribution in [0.4, 0.5) is 17.6 Å². The van der Waals surface area contributed by atoms with Gasteiger partial charge in [0.1, 0.15) is 17.5 Å². The van der Waals surface area contributed by atoms with E-state index in [0.29, 0.717) is 0 Å². The second-order valence-corrected chi connectivity index (χ2v) is 5.06. The molecule has 0 saturated heterocycles. The number of pyridine rings is 1. The monoisotopic (exact) mass is 429 g/mol. The fraction of sp³-hybridized carbons (Fsp3) is 0. The van der Waals surface area contributed by atoms with Crippen molar-refractivity contribution in [3.63, 3.8) is 0 Å². The average molecular weight is 430 g/mol. The van der Waals surface area contributed by atoms with Crippen LogP contribution < -0.4 is 0 Å². The van der Waals surface area contributed by atoms with Gasteiger partial charge in [-0.05, 0) is 0 Å². The normalized spacial score (nSPS) is 11.3. The molecule has 3 aromatic heterocycles. The quantitative estimate of drug-likeness (QED) is 0.196. The molecule has 0 N–H and O–H groups in total. The summed E-state index contributed by atoms with van der Waals surface area (Å²) in [6, 6.07) is 0. The lowest BCUT2D eigenvalue weighted by atomic mass is 10.3. The fourth-order valence-corrected chi connectivity index (χ4v) is 2.52. The standard InChI is InChI=1S/C10HClF4IN5/c11-6-4-9(20-10(16)18-6)21(1-17-4)5-2(12)7(14)19-8(15)3(5)13/h1H. The predicted molar refractivity (Wildman–Crippen MR) is 72.0 cm³/mol. The highest BCUT2D eigenvalue weighted by Gasteiger charge is 2.24. The molecule has 11 heteroatoms. The lowest BCUT2D eigenvalue weighted by molar-refractivity contribution is 0.403. The van der Waals surface area contributed by atoms with Gasteiger partial charge in [0.05, 0.1) is 0 Å². The zero-order valence-electron chi connectivity index (χ0n) is 9.58. The van der Waals surface area contributed by atoms with Crippen LogP contribution in [0.2, 0.25) is 5.15 Å². The smallest absolute Gasteiger partial charge is 0.253 e. The Balaban J connectivity index is 2.42. The van der Waals surface area contributed by atoms with E-state index in [4.69, 9.17) is 11.6 Å². The molecule has 0 aliphatic carbocycles. The summed E-state index contributed by atoms with van der Waals surface area (Å²) >= 11 is 7.55. The van der Waals surface area contributed by atoms with Crippen molar-refractivity contribution in [1.82, 2.24) is 24.5 Å². The molecule has 0 aromatic carbocycles. The SMILES string of the molecule is Fc1nc(F)c(F)c(-n2cnc3c(Cl)nc(I)nc32)c1F. The molecule has 0 amide bonds. The highest BCUT2D eigenvalue weighted by atomic mass is 127. The average Bonchev–Trinajstić information content (AvgIpc) is 2.81. The Hall–Kier alpha value is -1.56. The molecule has 0 spiro atoms. The molecule has 0 aliphatic rings. The second-order valence-electron chi connectivity index (χ2n) is 3.74. The Kier molecular flexibility index (Phi) is 3.43. The van der Waals surface area contributed by atoms with Gasteiger partial charge in [0, 0.05) is 22.6 Å². The molecule has 0 atom stereocenters. The van der Waals surface area contributed by atoms with Gasteiger partial charge in [-0.3, -0.25) is 4.57 Å². The highest BCUT2D eigenvalue weighted by Crippen LogP contribution is 2.26. The van der Waals surface area contributed by atoms with Gasteiger partial charge in [-0.1, -0.05) is 11.6 Å². The van der Waals surface area contributed by atoms with Crippen LogP contribution >= 0.6 is 34.2 Å². The van der Waals surface area contributed by atoms with Crippen molar-refractivity contribution in [3.8, 4) is 5.69 Å². The van der Waals surface area contributed by atoms with Crippen molar-refractivity contribution >= 4 is 45.4 Å². The number of rotatable bonds is 1. The van der Waals surface area contributed by atoms with Crippen LogP contribution in [0.1, 0.15) is 0 Å². The third-order valence-corrected chi connectivity index (χ3v) is 3.29. The molecule has 108 valence electrons. The van der Waals surface area contributed by atoms with Gasteiger partial charge < -0.3 is 0 Å². The number of fused-ring (bicyclic) bond motifs is 1. The summed E-state index contributed by atoms with van der Waals surface area (Å²) in [7, 11) is 0. The maximum atomic E-state index is 13.8. The predicted octanol–water partition coefficient (Wildman–Crippen LogP) is 3.02. The first-order valence-corrected chi connectivity index (χ1v) is 6.62. The summed E-state index contributed by atoms with van der Waals surface area (Å²) in [4.78, 5) is 14.0. The number of aromatic nitrogens is 5. The first-order valence-electron chi connectivity index (χ1n) is 5.16. The third kappa shape index (κ3) is 2.21. The molecule has 3 heterocycles. The minimum atomic E-state index is -1.78. The topological polar surface area (TPSA) is 56.5 Å². The van der Waals surface area contributed by atoms with Crippen LogP contribution in [0.5, 0.6) is 0 Å². The van der Waals surface area contributed by atoms with Gasteiger partial charge in [0.15, 0.2) is 14.6 Å². The lowest BCUT2D eigenvalue weighted by Crippen LogP contribution is -2.09. The number of hydrogen-bond donors (Lipinski definition) is 0. The van der Waals surface area contributed by atoms with E-state index in [1.165, 1.54) is 0 Å². The van der Waals surface area contributed by atoms with Crippen molar-refractivity contribution in [2.75, 3.05) is 0 Å². The van der Waals surface area contributed by atoms with E-state index in [1.54, 1.807) is 22.6 Å². The molecular formula is C10HClF4IN5. The van der Waals surface area contributed by atoms with Gasteiger partial charge in [-0.2, -0.15) is 22.5 Å². The highest BCUT2D eigenvalue weighted by molar-refractivity contribution is 14.1. The summed E-state index contributed by atoms with van der Waals surface area (Å²) in [5.74, 6) is -6.89. The van der Waals surface area contributed by atoms with Gasteiger partial charge >= 0.3 is 0 Å². The van der Waals surface area contributed by atoms with Gasteiger partial charge in [0.25, 0.3) is 11.9 Å². The summed E-state index contributed by atoms with van der Waals surface area (Å²) in [5.41, 5.74) is -1.08. The summed E-state index contributed by atoms with van der Waals surface area (Å²) in [6.45, 7) is 0. The summed E-state index contributed by atoms with van der Waals surface area (Å²) in [6.07, 6.45) is 0.932. The van der Waals surface area contributed by atoms with Crippen LogP contribution in [0.15, 0.2) is 6.33 Å². The zero-order valence-corrected chi connectivity index (χ0v) is 12.5. The van der Waals surface area contributed by atoms with Gasteiger partial charge in [0.2, 0.25) is 11.6 Å². The molecule has 21 heavy (non-hydrogen) atoms. The van der Waals surface area contributed by atoms with E-state index >= 15 is 0 Å². The van der Waals surface area contributed by atoms with Crippen molar-refractivity contribution in [1.29, 1.82) is 0 Å². The van der Waals surface area contributed by atoms with Crippen LogP contribution in [0, 0.1) is 27.4 Å². The first-order chi connectivity index (χ1) is 9.90. The maximum Gasteiger partial charge on any atom is 0.253 e. The van der Waals surface area contributed by atoms with E-state index in [9.17, 15) is 17.6 Å². The summed E-state index contributed by atoms with van der Waals surface area (Å²) in [5, 5.41) is -0.0565. The summed E-state index contributed by atoms with van der Waals surface area (Å²) < 4.78 is 54.8. The van der Waals surface area contributed by atoms with Gasteiger partial charge in [-0.15, -0.1) is 0 Å². The molecule has 0 saturated carbocycles. The molecule has 5 nitrogen and oxygen atoms in total. The fourth-order valence-electron chi connectivity index (χ4n) is 1.69. The lowest BCUT2D eigenvalue weighted by Gasteiger charge is -2.07. The van der Waals surface area contributed by atoms with Crippen LogP contribution in [-0.2, 0) is 0 Å². The number of hydrogen-bond acceptors (Lipinski definition) is 4. The van der Waals surface area contributed by atoms with Gasteiger partial charge in [-0.25, -0.2) is 15.0 Å². The van der Waals surface area contributed by atoms with Crippen molar-refractivity contribution in [2.24, 2.45) is 0 Å². The van der Waals surface area contributed by atoms with E-state index in [2.05, 4.69) is 19.9 Å². The third-order valence-electron chi connectivity index (χ3n) is 2.54. The molecule has 3 aromatic rings. The molecule has 3 rings (SSSR count). The largest absolute Gasteiger partial charge is 0.277 e. The Labute approximate surface area is 132 Å². The Morgan fingerprint density at radius 2 is 1.62 bits per heavy atom. The van der Waals surface area contributed by atoms with Crippen LogP contribution in [0.3, 0.4) is 0 Å². The second kappa shape index (κ2) is 5.02. The Morgan fingerprint density at radius 1 is 1.00 bits per heavy atom. The zero-order chi connectivity index (χ0) is 15.3. The Morgan fingerprint density at radius 3 is 2.24 bits per heavy atom. The maximum absolute atomic E-state index is 13.8. The molecule has 0 radical (unpaired) electrons. The number of imidazole rings is 1. The van der Waals surface area contributed by atoms with E-state index < -0.39 is 29.2 Å². The molecule has 0 aliphatic heterocycles. The molecule has 0 unspecified atom stereocenters. The van der Waals surface area contributed by atoms with Crippen molar-refractivity contribution < 1.29 is 17.6 Å².